The summed E-state index contributed by atoms with van der Waals surface area (Å²) in [6, 6.07) is -5.09. The molecule has 4 amide bonds. The van der Waals surface area contributed by atoms with Crippen molar-refractivity contribution in [1.29, 1.82) is 0 Å². The molecule has 9 N–H and O–H groups in total. The third kappa shape index (κ3) is 11.5. The molecule has 14 heteroatoms. The van der Waals surface area contributed by atoms with Crippen LogP contribution < -0.4 is 27.4 Å². The van der Waals surface area contributed by atoms with Crippen LogP contribution in [0.3, 0.4) is 0 Å². The zero-order valence-corrected chi connectivity index (χ0v) is 18.8. The van der Waals surface area contributed by atoms with Crippen LogP contribution in [0.1, 0.15) is 39.5 Å². The van der Waals surface area contributed by atoms with Crippen LogP contribution in [0.2, 0.25) is 0 Å². The molecule has 0 aromatic heterocycles. The number of rotatable bonds is 15. The van der Waals surface area contributed by atoms with Crippen molar-refractivity contribution >= 4 is 48.2 Å². The SMILES string of the molecule is CC(C)CC(NC(=O)C(N)CCC(=O)O)C(=O)NC(CS)C(=O)NC(CC(N)=O)C(=O)O. The lowest BCUT2D eigenvalue weighted by Crippen LogP contribution is -2.58. The van der Waals surface area contributed by atoms with E-state index in [0.29, 0.717) is 0 Å². The fourth-order valence-corrected chi connectivity index (χ4v) is 2.79. The van der Waals surface area contributed by atoms with Gasteiger partial charge in [0.05, 0.1) is 12.5 Å². The number of thiol groups is 1. The summed E-state index contributed by atoms with van der Waals surface area (Å²) < 4.78 is 0. The Hall–Kier alpha value is -2.87. The number of carbonyl (C=O) groups is 6. The second kappa shape index (κ2) is 14.2. The van der Waals surface area contributed by atoms with E-state index in [1.807, 2.05) is 0 Å². The molecule has 4 atom stereocenters. The van der Waals surface area contributed by atoms with Crippen molar-refractivity contribution in [2.75, 3.05) is 5.75 Å². The first-order valence-corrected chi connectivity index (χ1v) is 10.4. The quantitative estimate of drug-likeness (QED) is 0.117. The lowest BCUT2D eigenvalue weighted by atomic mass is 10.0. The minimum absolute atomic E-state index is 0.0449. The van der Waals surface area contributed by atoms with Crippen LogP contribution in [0.4, 0.5) is 0 Å². The normalized spacial score (nSPS) is 14.5. The van der Waals surface area contributed by atoms with Gasteiger partial charge in [0.15, 0.2) is 0 Å². The molecule has 0 aliphatic carbocycles. The van der Waals surface area contributed by atoms with Crippen LogP contribution in [0.15, 0.2) is 0 Å². The highest BCUT2D eigenvalue weighted by Crippen LogP contribution is 2.07. The zero-order chi connectivity index (χ0) is 25.0. The first-order chi connectivity index (χ1) is 14.8. The third-order valence-electron chi connectivity index (χ3n) is 4.18. The van der Waals surface area contributed by atoms with Gasteiger partial charge in [0.1, 0.15) is 18.1 Å². The molecule has 0 fully saturated rings. The maximum atomic E-state index is 12.7. The minimum Gasteiger partial charge on any atom is -0.481 e. The summed E-state index contributed by atoms with van der Waals surface area (Å²) in [6.45, 7) is 3.59. The molecule has 0 aromatic carbocycles. The molecule has 0 bridgehead atoms. The second-order valence-electron chi connectivity index (χ2n) is 7.54. The summed E-state index contributed by atoms with van der Waals surface area (Å²) in [6.07, 6.45) is -0.916. The number of amides is 4. The van der Waals surface area contributed by atoms with E-state index < -0.39 is 66.2 Å². The summed E-state index contributed by atoms with van der Waals surface area (Å²) in [7, 11) is 0. The molecule has 0 aliphatic rings. The number of carboxylic acid groups (broad SMARTS) is 2. The van der Waals surface area contributed by atoms with Gasteiger partial charge in [-0.25, -0.2) is 4.79 Å². The van der Waals surface area contributed by atoms with E-state index in [1.165, 1.54) is 0 Å². The van der Waals surface area contributed by atoms with Crippen LogP contribution in [-0.4, -0.2) is 75.7 Å². The van der Waals surface area contributed by atoms with E-state index in [9.17, 15) is 28.8 Å². The lowest BCUT2D eigenvalue weighted by molar-refractivity contribution is -0.143. The number of carbonyl (C=O) groups excluding carboxylic acids is 4. The smallest absolute Gasteiger partial charge is 0.326 e. The number of aliphatic carboxylic acids is 2. The first-order valence-electron chi connectivity index (χ1n) is 9.78. The van der Waals surface area contributed by atoms with Crippen molar-refractivity contribution in [3.8, 4) is 0 Å². The molecular formula is C18H31N5O8S. The molecule has 0 radical (unpaired) electrons. The number of hydrogen-bond donors (Lipinski definition) is 8. The van der Waals surface area contributed by atoms with Gasteiger partial charge in [-0.1, -0.05) is 13.8 Å². The van der Waals surface area contributed by atoms with Gasteiger partial charge in [0.25, 0.3) is 0 Å². The van der Waals surface area contributed by atoms with Crippen molar-refractivity contribution in [1.82, 2.24) is 16.0 Å². The molecule has 0 saturated heterocycles. The minimum atomic E-state index is -1.59. The van der Waals surface area contributed by atoms with E-state index in [2.05, 4.69) is 28.6 Å². The maximum Gasteiger partial charge on any atom is 0.326 e. The van der Waals surface area contributed by atoms with Gasteiger partial charge in [-0.2, -0.15) is 12.6 Å². The Morgan fingerprint density at radius 3 is 1.81 bits per heavy atom. The average Bonchev–Trinajstić information content (AvgIpc) is 2.67. The van der Waals surface area contributed by atoms with E-state index >= 15 is 0 Å². The fourth-order valence-electron chi connectivity index (χ4n) is 2.53. The molecule has 32 heavy (non-hydrogen) atoms. The molecule has 182 valence electrons. The van der Waals surface area contributed by atoms with Crippen molar-refractivity contribution in [3.63, 3.8) is 0 Å². The molecule has 0 rings (SSSR count). The molecular weight excluding hydrogens is 446 g/mol. The van der Waals surface area contributed by atoms with Crippen LogP contribution in [-0.2, 0) is 28.8 Å². The highest BCUT2D eigenvalue weighted by molar-refractivity contribution is 7.80. The molecule has 0 spiro atoms. The summed E-state index contributed by atoms with van der Waals surface area (Å²) >= 11 is 3.98. The number of nitrogens with one attached hydrogen (secondary N) is 3. The molecule has 0 aromatic rings. The molecule has 4 unspecified atom stereocenters. The highest BCUT2D eigenvalue weighted by atomic mass is 32.1. The van der Waals surface area contributed by atoms with Crippen LogP contribution >= 0.6 is 12.6 Å². The van der Waals surface area contributed by atoms with Gasteiger partial charge in [-0.15, -0.1) is 0 Å². The molecule has 0 heterocycles. The number of primary amides is 1. The Morgan fingerprint density at radius 1 is 0.875 bits per heavy atom. The number of nitrogens with two attached hydrogens (primary N) is 2. The Labute approximate surface area is 190 Å². The van der Waals surface area contributed by atoms with Crippen molar-refractivity contribution < 1.29 is 39.0 Å². The monoisotopic (exact) mass is 477 g/mol. The van der Waals surface area contributed by atoms with E-state index in [-0.39, 0.29) is 30.9 Å². The van der Waals surface area contributed by atoms with Crippen LogP contribution in [0.25, 0.3) is 0 Å². The van der Waals surface area contributed by atoms with Crippen molar-refractivity contribution in [2.45, 2.75) is 63.7 Å². The highest BCUT2D eigenvalue weighted by Gasteiger charge is 2.30. The Morgan fingerprint density at radius 2 is 1.38 bits per heavy atom. The Kier molecular flexibility index (Phi) is 13.0. The summed E-state index contributed by atoms with van der Waals surface area (Å²) in [5, 5.41) is 24.7. The van der Waals surface area contributed by atoms with Crippen molar-refractivity contribution in [3.05, 3.63) is 0 Å². The number of hydrogen-bond acceptors (Lipinski definition) is 8. The largest absolute Gasteiger partial charge is 0.481 e. The van der Waals surface area contributed by atoms with Gasteiger partial charge in [-0.05, 0) is 18.8 Å². The summed E-state index contributed by atoms with van der Waals surface area (Å²) in [5.41, 5.74) is 10.6. The topological polar surface area (TPSA) is 231 Å². The molecule has 0 saturated carbocycles. The predicted molar refractivity (Wildman–Crippen MR) is 115 cm³/mol. The summed E-state index contributed by atoms with van der Waals surface area (Å²) in [4.78, 5) is 70.2. The zero-order valence-electron chi connectivity index (χ0n) is 17.9. The predicted octanol–water partition coefficient (Wildman–Crippen LogP) is -2.43. The molecule has 13 nitrogen and oxygen atoms in total. The van der Waals surface area contributed by atoms with Crippen LogP contribution in [0, 0.1) is 5.92 Å². The van der Waals surface area contributed by atoms with E-state index in [4.69, 9.17) is 21.7 Å². The maximum absolute atomic E-state index is 12.7. The Balaban J connectivity index is 5.24. The van der Waals surface area contributed by atoms with Gasteiger partial charge >= 0.3 is 11.9 Å². The van der Waals surface area contributed by atoms with Gasteiger partial charge < -0.3 is 37.6 Å². The van der Waals surface area contributed by atoms with Crippen LogP contribution in [0.5, 0.6) is 0 Å². The molecule has 0 aliphatic heterocycles. The van der Waals surface area contributed by atoms with Gasteiger partial charge in [0.2, 0.25) is 23.6 Å². The average molecular weight is 478 g/mol. The third-order valence-corrected chi connectivity index (χ3v) is 4.55. The summed E-state index contributed by atoms with van der Waals surface area (Å²) in [5.74, 6) is -6.18. The first kappa shape index (κ1) is 29.1. The van der Waals surface area contributed by atoms with Gasteiger partial charge in [0, 0.05) is 12.2 Å². The standard InChI is InChI=1S/C18H31N5O8S/c1-8(2)5-10(21-15(27)9(19)3-4-14(25)26)16(28)23-12(7-32)17(29)22-11(18(30)31)6-13(20)24/h8-12,32H,3-7,19H2,1-2H3,(H2,20,24)(H,21,27)(H,22,29)(H,23,28)(H,25,26)(H,30,31). The lowest BCUT2D eigenvalue weighted by Gasteiger charge is -2.25. The van der Waals surface area contributed by atoms with E-state index in [0.717, 1.165) is 0 Å². The fraction of sp³-hybridized carbons (Fsp3) is 0.667. The van der Waals surface area contributed by atoms with Crippen molar-refractivity contribution in [2.24, 2.45) is 17.4 Å². The number of carboxylic acids is 2. The van der Waals surface area contributed by atoms with E-state index in [1.54, 1.807) is 13.8 Å². The second-order valence-corrected chi connectivity index (χ2v) is 7.91. The van der Waals surface area contributed by atoms with Gasteiger partial charge in [-0.3, -0.25) is 24.0 Å². The Bertz CT molecular complexity index is 717.